The van der Waals surface area contributed by atoms with E-state index < -0.39 is 27.4 Å². The molecule has 0 unspecified atom stereocenters. The van der Waals surface area contributed by atoms with Gasteiger partial charge in [-0.05, 0) is 70.4 Å². The Morgan fingerprint density at radius 3 is 2.35 bits per heavy atom. The molecule has 0 saturated heterocycles. The smallest absolute Gasteiger partial charge is 0.269 e. The molecule has 4 aromatic carbocycles. The number of amides is 1. The lowest BCUT2D eigenvalue weighted by molar-refractivity contribution is -0.384. The van der Waals surface area contributed by atoms with Crippen molar-refractivity contribution < 1.29 is 27.6 Å². The van der Waals surface area contributed by atoms with E-state index in [9.17, 15) is 23.3 Å². The molecule has 1 N–H and O–H groups in total. The van der Waals surface area contributed by atoms with Gasteiger partial charge in [-0.25, -0.2) is 13.8 Å². The lowest BCUT2D eigenvalue weighted by Gasteiger charge is -2.23. The van der Waals surface area contributed by atoms with Crippen LogP contribution in [0.2, 0.25) is 0 Å². The number of aryl methyl sites for hydroxylation is 1. The van der Waals surface area contributed by atoms with E-state index in [4.69, 9.17) is 9.47 Å². The van der Waals surface area contributed by atoms with Crippen molar-refractivity contribution in [3.8, 4) is 11.5 Å². The third-order valence-corrected chi connectivity index (χ3v) is 8.50. The first-order valence-electron chi connectivity index (χ1n) is 12.8. The fraction of sp³-hybridized carbons (Fsp3) is 0.133. The Morgan fingerprint density at radius 1 is 1.05 bits per heavy atom. The molecule has 1 amide bonds. The number of nitro groups is 1. The third kappa shape index (κ3) is 7.96. The lowest BCUT2D eigenvalue weighted by atomic mass is 10.2. The first-order chi connectivity index (χ1) is 20.6. The van der Waals surface area contributed by atoms with Gasteiger partial charge in [0.1, 0.15) is 13.2 Å². The van der Waals surface area contributed by atoms with Crippen molar-refractivity contribution in [3.05, 3.63) is 122 Å². The van der Waals surface area contributed by atoms with Gasteiger partial charge in [0.15, 0.2) is 11.5 Å². The van der Waals surface area contributed by atoms with Gasteiger partial charge in [0.2, 0.25) is 0 Å². The van der Waals surface area contributed by atoms with Crippen LogP contribution in [0.1, 0.15) is 16.7 Å². The summed E-state index contributed by atoms with van der Waals surface area (Å²) in [6, 6.07) is 23.8. The van der Waals surface area contributed by atoms with Crippen LogP contribution in [0.5, 0.6) is 11.5 Å². The second-order valence-corrected chi connectivity index (χ2v) is 11.9. The highest BCUT2D eigenvalue weighted by molar-refractivity contribution is 9.10. The summed E-state index contributed by atoms with van der Waals surface area (Å²) < 4.78 is 39.8. The number of sulfonamides is 1. The number of hydrogen-bond acceptors (Lipinski definition) is 8. The molecule has 0 aromatic heterocycles. The fourth-order valence-electron chi connectivity index (χ4n) is 3.91. The van der Waals surface area contributed by atoms with Crippen LogP contribution in [0.3, 0.4) is 0 Å². The van der Waals surface area contributed by atoms with E-state index in [1.54, 1.807) is 30.3 Å². The summed E-state index contributed by atoms with van der Waals surface area (Å²) in [4.78, 5) is 23.3. The number of ether oxygens (including phenoxy) is 2. The van der Waals surface area contributed by atoms with Gasteiger partial charge in [0, 0.05) is 12.1 Å². The second-order valence-electron chi connectivity index (χ2n) is 9.20. The molecule has 0 bridgehead atoms. The van der Waals surface area contributed by atoms with Crippen LogP contribution in [0.25, 0.3) is 0 Å². The molecule has 43 heavy (non-hydrogen) atoms. The highest BCUT2D eigenvalue weighted by Gasteiger charge is 2.27. The maximum atomic E-state index is 13.4. The summed E-state index contributed by atoms with van der Waals surface area (Å²) in [5.41, 5.74) is 4.89. The average molecular weight is 668 g/mol. The summed E-state index contributed by atoms with van der Waals surface area (Å²) >= 11 is 3.49. The highest BCUT2D eigenvalue weighted by atomic mass is 79.9. The number of non-ortho nitro benzene ring substituents is 1. The second kappa shape index (κ2) is 13.9. The van der Waals surface area contributed by atoms with E-state index in [-0.39, 0.29) is 16.3 Å². The van der Waals surface area contributed by atoms with Crippen LogP contribution in [0.15, 0.2) is 105 Å². The number of methoxy groups -OCH3 is 1. The van der Waals surface area contributed by atoms with Gasteiger partial charge in [-0.15, -0.1) is 0 Å². The first kappa shape index (κ1) is 31.2. The van der Waals surface area contributed by atoms with Gasteiger partial charge in [-0.3, -0.25) is 19.2 Å². The Morgan fingerprint density at radius 2 is 1.72 bits per heavy atom. The summed E-state index contributed by atoms with van der Waals surface area (Å²) in [5.74, 6) is 0.194. The standard InChI is InChI=1S/C30H27BrN4O7S/c1-21-8-10-22(11-9-21)20-42-30-27(31)16-23(17-28(30)41-2)18-32-33-29(36)19-34(24-12-14-25(15-13-24)35(37)38)43(39,40)26-6-4-3-5-7-26/h3-18H,19-20H2,1-2H3,(H,33,36)/b32-18-. The number of nitrogens with zero attached hydrogens (tertiary/aromatic N) is 3. The summed E-state index contributed by atoms with van der Waals surface area (Å²) in [6.45, 7) is 1.70. The minimum absolute atomic E-state index is 0.0497. The molecular formula is C30H27BrN4O7S. The van der Waals surface area contributed by atoms with Crippen molar-refractivity contribution in [2.45, 2.75) is 18.4 Å². The monoisotopic (exact) mass is 666 g/mol. The maximum Gasteiger partial charge on any atom is 0.269 e. The zero-order valence-electron chi connectivity index (χ0n) is 23.1. The zero-order chi connectivity index (χ0) is 31.0. The number of benzene rings is 4. The van der Waals surface area contributed by atoms with E-state index in [1.807, 2.05) is 31.2 Å². The molecule has 4 rings (SSSR count). The van der Waals surface area contributed by atoms with Gasteiger partial charge >= 0.3 is 0 Å². The number of carbonyl (C=O) groups excluding carboxylic acids is 1. The average Bonchev–Trinajstić information content (AvgIpc) is 3.00. The minimum atomic E-state index is -4.19. The van der Waals surface area contributed by atoms with E-state index in [0.717, 1.165) is 27.6 Å². The molecular weight excluding hydrogens is 640 g/mol. The van der Waals surface area contributed by atoms with Crippen molar-refractivity contribution >= 4 is 49.4 Å². The largest absolute Gasteiger partial charge is 0.493 e. The Bertz CT molecular complexity index is 1730. The molecule has 0 heterocycles. The maximum absolute atomic E-state index is 13.4. The molecule has 222 valence electrons. The van der Waals surface area contributed by atoms with Crippen molar-refractivity contribution in [2.75, 3.05) is 18.0 Å². The molecule has 0 fully saturated rings. The molecule has 0 radical (unpaired) electrons. The molecule has 4 aromatic rings. The normalized spacial score (nSPS) is 11.2. The van der Waals surface area contributed by atoms with Crippen LogP contribution in [0.4, 0.5) is 11.4 Å². The molecule has 11 nitrogen and oxygen atoms in total. The summed E-state index contributed by atoms with van der Waals surface area (Å²) in [6.07, 6.45) is 1.37. The predicted octanol–water partition coefficient (Wildman–Crippen LogP) is 5.60. The number of nitrogens with one attached hydrogen (secondary N) is 1. The molecule has 0 spiro atoms. The van der Waals surface area contributed by atoms with Crippen molar-refractivity contribution in [1.82, 2.24) is 5.43 Å². The molecule has 0 aliphatic rings. The van der Waals surface area contributed by atoms with Gasteiger partial charge in [0.25, 0.3) is 21.6 Å². The van der Waals surface area contributed by atoms with Crippen LogP contribution < -0.4 is 19.2 Å². The van der Waals surface area contributed by atoms with Gasteiger partial charge < -0.3 is 9.47 Å². The molecule has 0 aliphatic carbocycles. The van der Waals surface area contributed by atoms with E-state index in [0.29, 0.717) is 28.1 Å². The Balaban J connectivity index is 1.49. The van der Waals surface area contributed by atoms with Crippen molar-refractivity contribution in [2.24, 2.45) is 5.10 Å². The fourth-order valence-corrected chi connectivity index (χ4v) is 5.93. The number of anilines is 1. The van der Waals surface area contributed by atoms with Crippen LogP contribution >= 0.6 is 15.9 Å². The summed E-state index contributed by atoms with van der Waals surface area (Å²) in [7, 11) is -2.69. The topological polar surface area (TPSA) is 140 Å². The quantitative estimate of drug-likeness (QED) is 0.118. The SMILES string of the molecule is COc1cc(/C=N\NC(=O)CN(c2ccc([N+](=O)[O-])cc2)S(=O)(=O)c2ccccc2)cc(Br)c1OCc1ccc(C)cc1. The highest BCUT2D eigenvalue weighted by Crippen LogP contribution is 2.37. The Hall–Kier alpha value is -4.75. The third-order valence-electron chi connectivity index (χ3n) is 6.13. The van der Waals surface area contributed by atoms with Gasteiger partial charge in [0.05, 0.1) is 33.3 Å². The van der Waals surface area contributed by atoms with Crippen molar-refractivity contribution in [3.63, 3.8) is 0 Å². The number of nitro benzene ring substituents is 1. The molecule has 13 heteroatoms. The van der Waals surface area contributed by atoms with Crippen LogP contribution in [-0.4, -0.2) is 39.1 Å². The summed E-state index contributed by atoms with van der Waals surface area (Å²) in [5, 5.41) is 15.0. The lowest BCUT2D eigenvalue weighted by Crippen LogP contribution is -2.39. The van der Waals surface area contributed by atoms with E-state index in [2.05, 4.69) is 26.5 Å². The van der Waals surface area contributed by atoms with Crippen molar-refractivity contribution in [1.29, 1.82) is 0 Å². The van der Waals surface area contributed by atoms with Gasteiger partial charge in [-0.2, -0.15) is 5.10 Å². The Labute approximate surface area is 257 Å². The predicted molar refractivity (Wildman–Crippen MR) is 166 cm³/mol. The van der Waals surface area contributed by atoms with Crippen LogP contribution in [0, 0.1) is 17.0 Å². The van der Waals surface area contributed by atoms with E-state index >= 15 is 0 Å². The first-order valence-corrected chi connectivity index (χ1v) is 15.0. The Kier molecular flexibility index (Phi) is 10.1. The molecule has 0 saturated carbocycles. The number of hydrogen-bond donors (Lipinski definition) is 1. The molecule has 0 atom stereocenters. The number of carbonyl (C=O) groups is 1. The minimum Gasteiger partial charge on any atom is -0.493 e. The van der Waals surface area contributed by atoms with Gasteiger partial charge in [-0.1, -0.05) is 48.0 Å². The number of hydrazone groups is 1. The number of halogens is 1. The zero-order valence-corrected chi connectivity index (χ0v) is 25.5. The van der Waals surface area contributed by atoms with E-state index in [1.165, 1.54) is 37.6 Å². The molecule has 0 aliphatic heterocycles. The van der Waals surface area contributed by atoms with Crippen LogP contribution in [-0.2, 0) is 21.4 Å². The number of rotatable bonds is 12.